The number of hydrogen-bond donors (Lipinski definition) is 1. The molecule has 0 bridgehead atoms. The van der Waals surface area contributed by atoms with Crippen LogP contribution in [-0.2, 0) is 0 Å². The van der Waals surface area contributed by atoms with Crippen LogP contribution in [0.3, 0.4) is 0 Å². The van der Waals surface area contributed by atoms with Crippen LogP contribution in [0.5, 0.6) is 0 Å². The average molecular weight is 244 g/mol. The van der Waals surface area contributed by atoms with Gasteiger partial charge in [-0.15, -0.1) is 0 Å². The highest BCUT2D eigenvalue weighted by molar-refractivity contribution is 5.59. The highest BCUT2D eigenvalue weighted by Crippen LogP contribution is 2.20. The van der Waals surface area contributed by atoms with E-state index in [1.807, 2.05) is 19.1 Å². The standard InChI is InChI=1S/C16H24N2/c1-4-6-8-15(7-5-2)18-16-10-9-13(3)11-14(16)12-17/h9-11,15,18H,4-8H2,1-3H3. The van der Waals surface area contributed by atoms with Gasteiger partial charge in [-0.3, -0.25) is 0 Å². The summed E-state index contributed by atoms with van der Waals surface area (Å²) in [6, 6.07) is 8.81. The summed E-state index contributed by atoms with van der Waals surface area (Å²) in [5, 5.41) is 12.7. The molecule has 0 aliphatic heterocycles. The van der Waals surface area contributed by atoms with Gasteiger partial charge in [0.25, 0.3) is 0 Å². The van der Waals surface area contributed by atoms with Crippen LogP contribution < -0.4 is 5.32 Å². The number of rotatable bonds is 7. The summed E-state index contributed by atoms with van der Waals surface area (Å²) in [7, 11) is 0. The van der Waals surface area contributed by atoms with Crippen molar-refractivity contribution >= 4 is 5.69 Å². The van der Waals surface area contributed by atoms with E-state index >= 15 is 0 Å². The molecule has 0 spiro atoms. The van der Waals surface area contributed by atoms with Crippen molar-refractivity contribution in [3.8, 4) is 6.07 Å². The molecule has 1 aromatic rings. The molecular formula is C16H24N2. The minimum absolute atomic E-state index is 0.491. The second-order valence-corrected chi connectivity index (χ2v) is 4.93. The largest absolute Gasteiger partial charge is 0.381 e. The van der Waals surface area contributed by atoms with Crippen molar-refractivity contribution in [1.82, 2.24) is 0 Å². The van der Waals surface area contributed by atoms with Crippen molar-refractivity contribution in [3.63, 3.8) is 0 Å². The van der Waals surface area contributed by atoms with Crippen molar-refractivity contribution in [3.05, 3.63) is 29.3 Å². The topological polar surface area (TPSA) is 35.8 Å². The van der Waals surface area contributed by atoms with Gasteiger partial charge in [0, 0.05) is 6.04 Å². The maximum atomic E-state index is 9.17. The second kappa shape index (κ2) is 7.76. The van der Waals surface area contributed by atoms with E-state index in [0.717, 1.165) is 16.8 Å². The summed E-state index contributed by atoms with van der Waals surface area (Å²) in [6.07, 6.45) is 5.99. The summed E-state index contributed by atoms with van der Waals surface area (Å²) in [5.74, 6) is 0. The van der Waals surface area contributed by atoms with Gasteiger partial charge < -0.3 is 5.32 Å². The van der Waals surface area contributed by atoms with Gasteiger partial charge in [0.2, 0.25) is 0 Å². The van der Waals surface area contributed by atoms with Gasteiger partial charge in [-0.25, -0.2) is 0 Å². The average Bonchev–Trinajstić information content (AvgIpc) is 2.38. The third-order valence-corrected chi connectivity index (χ3v) is 3.20. The lowest BCUT2D eigenvalue weighted by molar-refractivity contribution is 0.564. The van der Waals surface area contributed by atoms with E-state index in [2.05, 4.69) is 31.3 Å². The minimum Gasteiger partial charge on any atom is -0.381 e. The first-order valence-corrected chi connectivity index (χ1v) is 6.98. The third kappa shape index (κ3) is 4.41. The van der Waals surface area contributed by atoms with E-state index in [9.17, 15) is 5.26 Å². The fourth-order valence-corrected chi connectivity index (χ4v) is 2.18. The number of unbranched alkanes of at least 4 members (excludes halogenated alkanes) is 1. The van der Waals surface area contributed by atoms with Crippen molar-refractivity contribution in [2.75, 3.05) is 5.32 Å². The van der Waals surface area contributed by atoms with Gasteiger partial charge in [-0.05, 0) is 37.5 Å². The SMILES string of the molecule is CCCCC(CCC)Nc1ccc(C)cc1C#N. The number of benzene rings is 1. The lowest BCUT2D eigenvalue weighted by Gasteiger charge is -2.20. The predicted octanol–water partition coefficient (Wildman–Crippen LogP) is 4.64. The van der Waals surface area contributed by atoms with Gasteiger partial charge in [0.05, 0.1) is 11.3 Å². The summed E-state index contributed by atoms with van der Waals surface area (Å²) < 4.78 is 0. The zero-order valence-corrected chi connectivity index (χ0v) is 11.8. The van der Waals surface area contributed by atoms with Gasteiger partial charge in [0.1, 0.15) is 6.07 Å². The molecule has 0 aliphatic carbocycles. The summed E-state index contributed by atoms with van der Waals surface area (Å²) in [4.78, 5) is 0. The highest BCUT2D eigenvalue weighted by Gasteiger charge is 2.09. The van der Waals surface area contributed by atoms with Crippen LogP contribution in [0.4, 0.5) is 5.69 Å². The van der Waals surface area contributed by atoms with Crippen molar-refractivity contribution in [2.24, 2.45) is 0 Å². The lowest BCUT2D eigenvalue weighted by Crippen LogP contribution is -2.19. The van der Waals surface area contributed by atoms with Gasteiger partial charge in [0.15, 0.2) is 0 Å². The smallest absolute Gasteiger partial charge is 0.101 e. The Bertz CT molecular complexity index is 404. The Balaban J connectivity index is 2.76. The summed E-state index contributed by atoms with van der Waals surface area (Å²) in [5.41, 5.74) is 2.88. The number of nitriles is 1. The Morgan fingerprint density at radius 2 is 2.00 bits per heavy atom. The Kier molecular flexibility index (Phi) is 6.28. The lowest BCUT2D eigenvalue weighted by atomic mass is 10.0. The molecule has 0 fully saturated rings. The molecule has 0 aromatic heterocycles. The predicted molar refractivity (Wildman–Crippen MR) is 77.7 cm³/mol. The molecule has 1 atom stereocenters. The van der Waals surface area contributed by atoms with Crippen LogP contribution in [0.25, 0.3) is 0 Å². The first kappa shape index (κ1) is 14.6. The first-order chi connectivity index (χ1) is 8.71. The number of nitrogens with one attached hydrogen (secondary N) is 1. The molecule has 0 radical (unpaired) electrons. The van der Waals surface area contributed by atoms with E-state index in [4.69, 9.17) is 0 Å². The molecule has 18 heavy (non-hydrogen) atoms. The zero-order valence-electron chi connectivity index (χ0n) is 11.8. The van der Waals surface area contributed by atoms with Crippen molar-refractivity contribution < 1.29 is 0 Å². The molecule has 0 heterocycles. The van der Waals surface area contributed by atoms with Crippen LogP contribution in [0, 0.1) is 18.3 Å². The van der Waals surface area contributed by atoms with Gasteiger partial charge >= 0.3 is 0 Å². The quantitative estimate of drug-likeness (QED) is 0.758. The molecular weight excluding hydrogens is 220 g/mol. The normalized spacial score (nSPS) is 11.9. The maximum Gasteiger partial charge on any atom is 0.101 e. The van der Waals surface area contributed by atoms with Crippen molar-refractivity contribution in [2.45, 2.75) is 58.9 Å². The summed E-state index contributed by atoms with van der Waals surface area (Å²) >= 11 is 0. The Hall–Kier alpha value is -1.49. The van der Waals surface area contributed by atoms with E-state index in [-0.39, 0.29) is 0 Å². The van der Waals surface area contributed by atoms with Gasteiger partial charge in [-0.1, -0.05) is 39.2 Å². The Labute approximate surface area is 111 Å². The molecule has 0 saturated carbocycles. The molecule has 1 rings (SSSR count). The van der Waals surface area contributed by atoms with Crippen LogP contribution in [0.2, 0.25) is 0 Å². The zero-order chi connectivity index (χ0) is 13.4. The monoisotopic (exact) mass is 244 g/mol. The molecule has 0 saturated heterocycles. The minimum atomic E-state index is 0.491. The summed E-state index contributed by atoms with van der Waals surface area (Å²) in [6.45, 7) is 6.45. The highest BCUT2D eigenvalue weighted by atomic mass is 14.9. The number of anilines is 1. The molecule has 1 unspecified atom stereocenters. The van der Waals surface area contributed by atoms with E-state index in [1.165, 1.54) is 32.1 Å². The van der Waals surface area contributed by atoms with E-state index in [1.54, 1.807) is 0 Å². The van der Waals surface area contributed by atoms with E-state index in [0.29, 0.717) is 6.04 Å². The third-order valence-electron chi connectivity index (χ3n) is 3.20. The molecule has 2 heteroatoms. The molecule has 0 amide bonds. The van der Waals surface area contributed by atoms with Crippen LogP contribution in [-0.4, -0.2) is 6.04 Å². The molecule has 2 nitrogen and oxygen atoms in total. The molecule has 1 aromatic carbocycles. The number of aryl methyl sites for hydroxylation is 1. The first-order valence-electron chi connectivity index (χ1n) is 6.98. The molecule has 0 aliphatic rings. The Morgan fingerprint density at radius 1 is 1.22 bits per heavy atom. The maximum absolute atomic E-state index is 9.17. The van der Waals surface area contributed by atoms with Gasteiger partial charge in [-0.2, -0.15) is 5.26 Å². The molecule has 1 N–H and O–H groups in total. The second-order valence-electron chi connectivity index (χ2n) is 4.93. The van der Waals surface area contributed by atoms with Crippen molar-refractivity contribution in [1.29, 1.82) is 5.26 Å². The fraction of sp³-hybridized carbons (Fsp3) is 0.562. The number of nitrogens with zero attached hydrogens (tertiary/aromatic N) is 1. The molecule has 98 valence electrons. The van der Waals surface area contributed by atoms with Crippen LogP contribution >= 0.6 is 0 Å². The fourth-order valence-electron chi connectivity index (χ4n) is 2.18. The Morgan fingerprint density at radius 3 is 2.61 bits per heavy atom. The van der Waals surface area contributed by atoms with E-state index < -0.39 is 0 Å². The van der Waals surface area contributed by atoms with Crippen LogP contribution in [0.1, 0.15) is 57.1 Å². The number of hydrogen-bond acceptors (Lipinski definition) is 2. The van der Waals surface area contributed by atoms with Crippen LogP contribution in [0.15, 0.2) is 18.2 Å².